The van der Waals surface area contributed by atoms with Gasteiger partial charge in [0.05, 0.1) is 18.1 Å². The van der Waals surface area contributed by atoms with Gasteiger partial charge in [0.25, 0.3) is 11.8 Å². The fourth-order valence-corrected chi connectivity index (χ4v) is 4.90. The van der Waals surface area contributed by atoms with E-state index >= 15 is 0 Å². The van der Waals surface area contributed by atoms with Crippen LogP contribution in [0, 0.1) is 6.92 Å². The predicted molar refractivity (Wildman–Crippen MR) is 135 cm³/mol. The Kier molecular flexibility index (Phi) is 6.37. The fourth-order valence-electron chi connectivity index (χ4n) is 4.90. The number of amides is 2. The van der Waals surface area contributed by atoms with Crippen molar-refractivity contribution in [1.82, 2.24) is 30.0 Å². The lowest BCUT2D eigenvalue weighted by atomic mass is 9.85. The molecule has 1 N–H and O–H groups in total. The molecule has 0 saturated carbocycles. The number of benzene rings is 2. The first-order valence-corrected chi connectivity index (χ1v) is 11.9. The van der Waals surface area contributed by atoms with Crippen LogP contribution >= 0.6 is 0 Å². The number of fused-ring (bicyclic) bond motifs is 1. The average Bonchev–Trinajstić information content (AvgIpc) is 3.30. The Morgan fingerprint density at radius 2 is 1.86 bits per heavy atom. The van der Waals surface area contributed by atoms with Gasteiger partial charge in [-0.25, -0.2) is 0 Å². The third-order valence-corrected chi connectivity index (χ3v) is 6.75. The molecule has 1 fully saturated rings. The monoisotopic (exact) mass is 484 g/mol. The molecule has 9 nitrogen and oxygen atoms in total. The molecular formula is C27H28N6O3. The minimum Gasteiger partial charge on any atom is -0.480 e. The van der Waals surface area contributed by atoms with Crippen LogP contribution in [0.15, 0.2) is 60.9 Å². The van der Waals surface area contributed by atoms with Crippen LogP contribution in [0.2, 0.25) is 0 Å². The maximum atomic E-state index is 13.6. The molecule has 2 amide bonds. The predicted octanol–water partition coefficient (Wildman–Crippen LogP) is 3.11. The zero-order valence-corrected chi connectivity index (χ0v) is 20.5. The summed E-state index contributed by atoms with van der Waals surface area (Å²) >= 11 is 0. The van der Waals surface area contributed by atoms with Gasteiger partial charge >= 0.3 is 0 Å². The average molecular weight is 485 g/mol. The van der Waals surface area contributed by atoms with Gasteiger partial charge in [-0.1, -0.05) is 30.3 Å². The van der Waals surface area contributed by atoms with E-state index < -0.39 is 0 Å². The number of likely N-dealkylation sites (tertiary alicyclic amines) is 1. The van der Waals surface area contributed by atoms with Gasteiger partial charge in [0.15, 0.2) is 0 Å². The van der Waals surface area contributed by atoms with Crippen LogP contribution in [0.25, 0.3) is 11.0 Å². The standard InChI is InChI=1S/C27H28N6O3/c1-17-13-19(14-22-25(17)29-11-10-28-22)27(35)33-12-9-21(20(16-33)18-7-5-4-6-8-18)30-26(34)23-15-24(36-3)31-32(23)2/h4-8,10-11,13-15,20-21H,9,12,16H2,1-3H3,(H,30,34)/t20-,21-/m1/s1. The van der Waals surface area contributed by atoms with Gasteiger partial charge in [0, 0.05) is 56.1 Å². The molecule has 0 radical (unpaired) electrons. The van der Waals surface area contributed by atoms with Crippen molar-refractivity contribution >= 4 is 22.8 Å². The second-order valence-corrected chi connectivity index (χ2v) is 9.05. The Labute approximate surface area is 209 Å². The second-order valence-electron chi connectivity index (χ2n) is 9.05. The Morgan fingerprint density at radius 1 is 1.08 bits per heavy atom. The van der Waals surface area contributed by atoms with Crippen LogP contribution in [0.1, 0.15) is 44.3 Å². The molecule has 2 atom stereocenters. The Morgan fingerprint density at radius 3 is 2.61 bits per heavy atom. The second kappa shape index (κ2) is 9.77. The van der Waals surface area contributed by atoms with Crippen LogP contribution in [0.3, 0.4) is 0 Å². The highest BCUT2D eigenvalue weighted by molar-refractivity contribution is 5.98. The maximum absolute atomic E-state index is 13.6. The summed E-state index contributed by atoms with van der Waals surface area (Å²) in [5, 5.41) is 7.37. The van der Waals surface area contributed by atoms with E-state index in [1.807, 2.05) is 48.2 Å². The molecular weight excluding hydrogens is 456 g/mol. The first-order valence-electron chi connectivity index (χ1n) is 11.9. The molecule has 5 rings (SSSR count). The van der Waals surface area contributed by atoms with E-state index in [0.717, 1.165) is 16.6 Å². The summed E-state index contributed by atoms with van der Waals surface area (Å²) in [6, 6.07) is 15.2. The molecule has 36 heavy (non-hydrogen) atoms. The first-order chi connectivity index (χ1) is 17.4. The van der Waals surface area contributed by atoms with E-state index in [0.29, 0.717) is 42.2 Å². The number of piperidine rings is 1. The SMILES string of the molecule is COc1cc(C(=O)N[C@@H]2CCN(C(=O)c3cc(C)c4nccnc4c3)C[C@@H]2c2ccccc2)n(C)n1. The Balaban J connectivity index is 1.40. The van der Waals surface area contributed by atoms with Crippen molar-refractivity contribution in [2.24, 2.45) is 7.05 Å². The molecule has 0 bridgehead atoms. The number of nitrogens with zero attached hydrogens (tertiary/aromatic N) is 5. The molecule has 4 aromatic rings. The van der Waals surface area contributed by atoms with Crippen molar-refractivity contribution in [2.45, 2.75) is 25.3 Å². The van der Waals surface area contributed by atoms with Crippen LogP contribution in [-0.2, 0) is 7.05 Å². The third-order valence-electron chi connectivity index (χ3n) is 6.75. The Hall–Kier alpha value is -4.27. The highest BCUT2D eigenvalue weighted by Gasteiger charge is 2.34. The van der Waals surface area contributed by atoms with Crippen molar-refractivity contribution in [3.05, 3.63) is 83.3 Å². The first kappa shape index (κ1) is 23.5. The summed E-state index contributed by atoms with van der Waals surface area (Å²) in [7, 11) is 3.23. The number of aromatic nitrogens is 4. The van der Waals surface area contributed by atoms with Crippen molar-refractivity contribution in [1.29, 1.82) is 0 Å². The largest absolute Gasteiger partial charge is 0.480 e. The Bertz CT molecular complexity index is 1420. The lowest BCUT2D eigenvalue weighted by Crippen LogP contribution is -2.51. The zero-order valence-electron chi connectivity index (χ0n) is 20.5. The minimum atomic E-state index is -0.220. The van der Waals surface area contributed by atoms with Gasteiger partial charge in [-0.15, -0.1) is 5.10 Å². The molecule has 1 aliphatic heterocycles. The number of hydrogen-bond acceptors (Lipinski definition) is 6. The maximum Gasteiger partial charge on any atom is 0.269 e. The van der Waals surface area contributed by atoms with Crippen molar-refractivity contribution < 1.29 is 14.3 Å². The normalized spacial score (nSPS) is 17.7. The number of rotatable bonds is 5. The number of nitrogens with one attached hydrogen (secondary N) is 1. The van der Waals surface area contributed by atoms with E-state index in [2.05, 4.69) is 20.4 Å². The molecule has 1 saturated heterocycles. The zero-order chi connectivity index (χ0) is 25.2. The highest BCUT2D eigenvalue weighted by atomic mass is 16.5. The lowest BCUT2D eigenvalue weighted by molar-refractivity contribution is 0.0671. The van der Waals surface area contributed by atoms with E-state index in [4.69, 9.17) is 4.74 Å². The van der Waals surface area contributed by atoms with Crippen LogP contribution in [0.5, 0.6) is 5.88 Å². The fraction of sp³-hybridized carbons (Fsp3) is 0.296. The molecule has 1 aliphatic rings. The van der Waals surface area contributed by atoms with Gasteiger partial charge in [0.1, 0.15) is 5.69 Å². The lowest BCUT2D eigenvalue weighted by Gasteiger charge is -2.39. The molecule has 2 aromatic carbocycles. The number of carbonyl (C=O) groups is 2. The summed E-state index contributed by atoms with van der Waals surface area (Å²) < 4.78 is 6.67. The summed E-state index contributed by atoms with van der Waals surface area (Å²) in [6.07, 6.45) is 3.91. The molecule has 9 heteroatoms. The molecule has 0 aliphatic carbocycles. The summed E-state index contributed by atoms with van der Waals surface area (Å²) in [5.74, 6) is 0.0535. The quantitative estimate of drug-likeness (QED) is 0.467. The smallest absolute Gasteiger partial charge is 0.269 e. The van der Waals surface area contributed by atoms with E-state index in [1.165, 1.54) is 11.8 Å². The molecule has 0 unspecified atom stereocenters. The summed E-state index contributed by atoms with van der Waals surface area (Å²) in [5.41, 5.74) is 4.50. The number of methoxy groups -OCH3 is 1. The van der Waals surface area contributed by atoms with Crippen LogP contribution < -0.4 is 10.1 Å². The number of hydrogen-bond donors (Lipinski definition) is 1. The highest BCUT2D eigenvalue weighted by Crippen LogP contribution is 2.29. The van der Waals surface area contributed by atoms with Gasteiger partial charge in [0.2, 0.25) is 5.88 Å². The van der Waals surface area contributed by atoms with Crippen molar-refractivity contribution in [3.8, 4) is 5.88 Å². The molecule has 184 valence electrons. The van der Waals surface area contributed by atoms with E-state index in [-0.39, 0.29) is 23.8 Å². The molecule has 0 spiro atoms. The van der Waals surface area contributed by atoms with Gasteiger partial charge < -0.3 is 15.0 Å². The molecule has 2 aromatic heterocycles. The topological polar surface area (TPSA) is 102 Å². The van der Waals surface area contributed by atoms with Crippen molar-refractivity contribution in [2.75, 3.05) is 20.2 Å². The van der Waals surface area contributed by atoms with Gasteiger partial charge in [-0.3, -0.25) is 24.2 Å². The van der Waals surface area contributed by atoms with Gasteiger partial charge in [-0.05, 0) is 36.6 Å². The third kappa shape index (κ3) is 4.51. The van der Waals surface area contributed by atoms with Gasteiger partial charge in [-0.2, -0.15) is 0 Å². The van der Waals surface area contributed by atoms with Crippen molar-refractivity contribution in [3.63, 3.8) is 0 Å². The van der Waals surface area contributed by atoms with E-state index in [9.17, 15) is 9.59 Å². The van der Waals surface area contributed by atoms with Crippen LogP contribution in [0.4, 0.5) is 0 Å². The number of carbonyl (C=O) groups excluding carboxylic acids is 2. The summed E-state index contributed by atoms with van der Waals surface area (Å²) in [4.78, 5) is 37.3. The van der Waals surface area contributed by atoms with E-state index in [1.54, 1.807) is 31.6 Å². The number of ether oxygens (including phenoxy) is 1. The number of aryl methyl sites for hydroxylation is 2. The summed E-state index contributed by atoms with van der Waals surface area (Å²) in [6.45, 7) is 2.95. The van der Waals surface area contributed by atoms with Crippen LogP contribution in [-0.4, -0.2) is 62.7 Å². The minimum absolute atomic E-state index is 0.0484. The molecule has 3 heterocycles.